The summed E-state index contributed by atoms with van der Waals surface area (Å²) in [5, 5.41) is 4.75. The standard InChI is InChI=1S/C19H16F3N3O/c1-12-9-18(15-10-14(26-2)7-8-17(15)24-12)25-23-11-13-5-3-4-6-16(13)19(20,21)22/h3-11H,1-2H3,(H,24,25)/b23-11-. The summed E-state index contributed by atoms with van der Waals surface area (Å²) in [6.45, 7) is 1.83. The molecule has 0 saturated carbocycles. The largest absolute Gasteiger partial charge is 0.497 e. The SMILES string of the molecule is COc1ccc2nc(C)cc(N/N=C\c3ccccc3C(F)(F)F)c2c1. The van der Waals surface area contributed by atoms with Gasteiger partial charge in [-0.2, -0.15) is 18.3 Å². The molecule has 7 heteroatoms. The molecule has 134 valence electrons. The molecular weight excluding hydrogens is 343 g/mol. The monoisotopic (exact) mass is 359 g/mol. The molecule has 0 atom stereocenters. The molecule has 0 unspecified atom stereocenters. The maximum atomic E-state index is 13.0. The Morgan fingerprint density at radius 2 is 1.88 bits per heavy atom. The molecule has 3 aromatic rings. The normalized spacial score (nSPS) is 11.9. The number of aryl methyl sites for hydroxylation is 1. The van der Waals surface area contributed by atoms with E-state index in [4.69, 9.17) is 4.74 Å². The number of rotatable bonds is 4. The fraction of sp³-hybridized carbons (Fsp3) is 0.158. The second-order valence-corrected chi connectivity index (χ2v) is 5.65. The lowest BCUT2D eigenvalue weighted by molar-refractivity contribution is -0.137. The molecule has 4 nitrogen and oxygen atoms in total. The fourth-order valence-corrected chi connectivity index (χ4v) is 2.60. The van der Waals surface area contributed by atoms with E-state index in [0.717, 1.165) is 28.9 Å². The number of anilines is 1. The van der Waals surface area contributed by atoms with E-state index in [2.05, 4.69) is 15.5 Å². The quantitative estimate of drug-likeness (QED) is 0.526. The van der Waals surface area contributed by atoms with Crippen molar-refractivity contribution in [2.24, 2.45) is 5.10 Å². The predicted molar refractivity (Wildman–Crippen MR) is 95.7 cm³/mol. The number of ether oxygens (including phenoxy) is 1. The molecule has 0 bridgehead atoms. The summed E-state index contributed by atoms with van der Waals surface area (Å²) < 4.78 is 44.3. The van der Waals surface area contributed by atoms with Crippen molar-refractivity contribution in [3.8, 4) is 5.75 Å². The Kier molecular flexibility index (Phi) is 4.79. The first-order valence-electron chi connectivity index (χ1n) is 7.79. The van der Waals surface area contributed by atoms with Crippen molar-refractivity contribution < 1.29 is 17.9 Å². The van der Waals surface area contributed by atoms with Crippen LogP contribution in [0.3, 0.4) is 0 Å². The number of halogens is 3. The highest BCUT2D eigenvalue weighted by atomic mass is 19.4. The number of pyridine rings is 1. The van der Waals surface area contributed by atoms with E-state index in [1.807, 2.05) is 13.0 Å². The van der Waals surface area contributed by atoms with Gasteiger partial charge in [-0.25, -0.2) is 0 Å². The first kappa shape index (κ1) is 17.7. The molecule has 0 fully saturated rings. The van der Waals surface area contributed by atoms with Gasteiger partial charge in [0.15, 0.2) is 0 Å². The summed E-state index contributed by atoms with van der Waals surface area (Å²) in [6.07, 6.45) is -3.28. The van der Waals surface area contributed by atoms with Crippen LogP contribution < -0.4 is 10.2 Å². The average Bonchev–Trinajstić information content (AvgIpc) is 2.61. The second-order valence-electron chi connectivity index (χ2n) is 5.65. The number of alkyl halides is 3. The smallest absolute Gasteiger partial charge is 0.417 e. The number of benzene rings is 2. The molecule has 0 aliphatic rings. The van der Waals surface area contributed by atoms with Gasteiger partial charge >= 0.3 is 6.18 Å². The van der Waals surface area contributed by atoms with Crippen molar-refractivity contribution in [2.75, 3.05) is 12.5 Å². The van der Waals surface area contributed by atoms with Gasteiger partial charge in [0.2, 0.25) is 0 Å². The zero-order valence-electron chi connectivity index (χ0n) is 14.1. The van der Waals surface area contributed by atoms with Gasteiger partial charge in [0.05, 0.1) is 30.1 Å². The van der Waals surface area contributed by atoms with Crippen LogP contribution >= 0.6 is 0 Å². The van der Waals surface area contributed by atoms with Gasteiger partial charge in [0.1, 0.15) is 5.75 Å². The van der Waals surface area contributed by atoms with Gasteiger partial charge in [-0.1, -0.05) is 18.2 Å². The molecule has 2 aromatic carbocycles. The van der Waals surface area contributed by atoms with Crippen molar-refractivity contribution in [1.29, 1.82) is 0 Å². The second kappa shape index (κ2) is 7.03. The zero-order valence-corrected chi connectivity index (χ0v) is 14.1. The van der Waals surface area contributed by atoms with Gasteiger partial charge in [0, 0.05) is 16.6 Å². The van der Waals surface area contributed by atoms with Crippen molar-refractivity contribution in [2.45, 2.75) is 13.1 Å². The van der Waals surface area contributed by atoms with Gasteiger partial charge < -0.3 is 4.74 Å². The summed E-state index contributed by atoms with van der Waals surface area (Å²) in [5.41, 5.74) is 4.19. The van der Waals surface area contributed by atoms with Crippen LogP contribution in [-0.4, -0.2) is 18.3 Å². The summed E-state index contributed by atoms with van der Waals surface area (Å²) in [5.74, 6) is 0.651. The number of hydrogen-bond donors (Lipinski definition) is 1. The highest BCUT2D eigenvalue weighted by Crippen LogP contribution is 2.31. The molecule has 0 aliphatic carbocycles. The van der Waals surface area contributed by atoms with Crippen LogP contribution in [0.1, 0.15) is 16.8 Å². The number of hydrogen-bond acceptors (Lipinski definition) is 4. The third kappa shape index (κ3) is 3.77. The number of aromatic nitrogens is 1. The van der Waals surface area contributed by atoms with E-state index < -0.39 is 11.7 Å². The third-order valence-corrected chi connectivity index (χ3v) is 3.80. The minimum atomic E-state index is -4.43. The summed E-state index contributed by atoms with van der Waals surface area (Å²) in [4.78, 5) is 4.43. The molecule has 1 N–H and O–H groups in total. The lowest BCUT2D eigenvalue weighted by atomic mass is 10.1. The van der Waals surface area contributed by atoms with Crippen LogP contribution in [-0.2, 0) is 6.18 Å². The lowest BCUT2D eigenvalue weighted by Crippen LogP contribution is -2.08. The molecule has 0 aliphatic heterocycles. The van der Waals surface area contributed by atoms with Crippen molar-refractivity contribution >= 4 is 22.8 Å². The van der Waals surface area contributed by atoms with Gasteiger partial charge in [-0.15, -0.1) is 0 Å². The number of nitrogens with zero attached hydrogens (tertiary/aromatic N) is 2. The van der Waals surface area contributed by atoms with Crippen molar-refractivity contribution in [3.05, 3.63) is 65.4 Å². The first-order chi connectivity index (χ1) is 12.4. The Morgan fingerprint density at radius 1 is 1.12 bits per heavy atom. The minimum absolute atomic E-state index is 0.0137. The van der Waals surface area contributed by atoms with Gasteiger partial charge in [-0.3, -0.25) is 10.4 Å². The molecule has 0 spiro atoms. The molecular formula is C19H16F3N3O. The van der Waals surface area contributed by atoms with Gasteiger partial charge in [-0.05, 0) is 37.3 Å². The van der Waals surface area contributed by atoms with Crippen molar-refractivity contribution in [1.82, 2.24) is 4.98 Å². The molecule has 3 rings (SSSR count). The van der Waals surface area contributed by atoms with Crippen LogP contribution in [0.2, 0.25) is 0 Å². The molecule has 26 heavy (non-hydrogen) atoms. The highest BCUT2D eigenvalue weighted by Gasteiger charge is 2.32. The van der Waals surface area contributed by atoms with Crippen LogP contribution in [0.5, 0.6) is 5.75 Å². The minimum Gasteiger partial charge on any atom is -0.497 e. The summed E-state index contributed by atoms with van der Waals surface area (Å²) in [6, 6.07) is 12.5. The topological polar surface area (TPSA) is 46.5 Å². The van der Waals surface area contributed by atoms with E-state index in [0.29, 0.717) is 11.4 Å². The van der Waals surface area contributed by atoms with E-state index in [9.17, 15) is 13.2 Å². The van der Waals surface area contributed by atoms with E-state index >= 15 is 0 Å². The Labute approximate surface area is 148 Å². The molecule has 1 heterocycles. The average molecular weight is 359 g/mol. The Morgan fingerprint density at radius 3 is 2.62 bits per heavy atom. The molecule has 0 saturated heterocycles. The van der Waals surface area contributed by atoms with E-state index in [1.54, 1.807) is 25.3 Å². The van der Waals surface area contributed by atoms with E-state index in [-0.39, 0.29) is 5.56 Å². The van der Waals surface area contributed by atoms with Crippen LogP contribution in [0.4, 0.5) is 18.9 Å². The van der Waals surface area contributed by atoms with Crippen molar-refractivity contribution in [3.63, 3.8) is 0 Å². The Balaban J connectivity index is 1.94. The number of hydrazone groups is 1. The number of methoxy groups -OCH3 is 1. The predicted octanol–water partition coefficient (Wildman–Crippen LogP) is 5.02. The van der Waals surface area contributed by atoms with Crippen LogP contribution in [0, 0.1) is 6.92 Å². The first-order valence-corrected chi connectivity index (χ1v) is 7.79. The zero-order chi connectivity index (χ0) is 18.7. The Bertz CT molecular complexity index is 968. The maximum absolute atomic E-state index is 13.0. The van der Waals surface area contributed by atoms with Crippen LogP contribution in [0.25, 0.3) is 10.9 Å². The molecule has 0 amide bonds. The molecule has 1 aromatic heterocycles. The lowest BCUT2D eigenvalue weighted by Gasteiger charge is -2.10. The summed E-state index contributed by atoms with van der Waals surface area (Å²) >= 11 is 0. The highest BCUT2D eigenvalue weighted by molar-refractivity contribution is 5.93. The number of fused-ring (bicyclic) bond motifs is 1. The van der Waals surface area contributed by atoms with Crippen LogP contribution in [0.15, 0.2) is 53.6 Å². The summed E-state index contributed by atoms with van der Waals surface area (Å²) in [7, 11) is 1.56. The Hall–Kier alpha value is -3.09. The van der Waals surface area contributed by atoms with E-state index in [1.165, 1.54) is 18.2 Å². The third-order valence-electron chi connectivity index (χ3n) is 3.80. The number of nitrogens with one attached hydrogen (secondary N) is 1. The fourth-order valence-electron chi connectivity index (χ4n) is 2.60. The van der Waals surface area contributed by atoms with Gasteiger partial charge in [0.25, 0.3) is 0 Å². The molecule has 0 radical (unpaired) electrons. The maximum Gasteiger partial charge on any atom is 0.417 e.